The molecule has 0 aromatic heterocycles. The molecule has 2 rings (SSSR count). The Morgan fingerprint density at radius 1 is 1.00 bits per heavy atom. The second-order valence-electron chi connectivity index (χ2n) is 3.25. The largest absolute Gasteiger partial charge is 0.398 e. The van der Waals surface area contributed by atoms with Crippen molar-refractivity contribution < 1.29 is 0 Å². The van der Waals surface area contributed by atoms with Crippen molar-refractivity contribution in [1.29, 1.82) is 0 Å². The first-order valence-corrected chi connectivity index (χ1v) is 5.76. The summed E-state index contributed by atoms with van der Waals surface area (Å²) in [6.07, 6.45) is 0. The number of benzene rings is 2. The number of nitrogen functional groups attached to an aromatic ring is 1. The van der Waals surface area contributed by atoms with E-state index in [0.29, 0.717) is 0 Å². The van der Waals surface area contributed by atoms with Gasteiger partial charge in [0, 0.05) is 20.6 Å². The van der Waals surface area contributed by atoms with E-state index in [2.05, 4.69) is 28.6 Å². The fourth-order valence-corrected chi connectivity index (χ4v) is 2.14. The number of halogens is 1. The van der Waals surface area contributed by atoms with Crippen molar-refractivity contribution in [3.05, 3.63) is 46.9 Å². The van der Waals surface area contributed by atoms with E-state index in [1.54, 1.807) is 0 Å². The summed E-state index contributed by atoms with van der Waals surface area (Å²) >= 11 is 7.80. The van der Waals surface area contributed by atoms with Crippen LogP contribution in [-0.4, -0.2) is 0 Å². The summed E-state index contributed by atoms with van der Waals surface area (Å²) < 4.78 is 0.986. The van der Waals surface area contributed by atoms with E-state index in [1.165, 1.54) is 0 Å². The molecule has 0 saturated carbocycles. The molecule has 0 atom stereocenters. The minimum atomic E-state index is 0.755. The van der Waals surface area contributed by atoms with Crippen LogP contribution in [0, 0.1) is 0 Å². The lowest BCUT2D eigenvalue weighted by Gasteiger charge is -2.08. The molecule has 0 saturated heterocycles. The Balaban J connectivity index is 2.60. The van der Waals surface area contributed by atoms with Gasteiger partial charge in [-0.15, -0.1) is 12.6 Å². The number of hydrogen-bond acceptors (Lipinski definition) is 2. The molecule has 2 aromatic carbocycles. The molecule has 76 valence electrons. The van der Waals surface area contributed by atoms with Crippen LogP contribution in [0.3, 0.4) is 0 Å². The van der Waals surface area contributed by atoms with E-state index >= 15 is 0 Å². The van der Waals surface area contributed by atoms with E-state index in [9.17, 15) is 0 Å². The first kappa shape index (κ1) is 10.6. The first-order valence-electron chi connectivity index (χ1n) is 4.52. The van der Waals surface area contributed by atoms with Gasteiger partial charge in [0.25, 0.3) is 0 Å². The molecule has 0 amide bonds. The zero-order chi connectivity index (χ0) is 10.8. The third-order valence-electron chi connectivity index (χ3n) is 2.21. The second-order valence-corrected chi connectivity index (χ2v) is 4.65. The van der Waals surface area contributed by atoms with E-state index in [0.717, 1.165) is 26.2 Å². The molecule has 0 unspecified atom stereocenters. The third-order valence-corrected chi connectivity index (χ3v) is 3.09. The van der Waals surface area contributed by atoms with Crippen LogP contribution in [0.25, 0.3) is 11.1 Å². The quantitative estimate of drug-likeness (QED) is 0.599. The summed E-state index contributed by atoms with van der Waals surface area (Å²) in [5, 5.41) is 0. The van der Waals surface area contributed by atoms with Crippen LogP contribution < -0.4 is 5.73 Å². The zero-order valence-electron chi connectivity index (χ0n) is 7.94. The molecular weight excluding hydrogens is 270 g/mol. The number of rotatable bonds is 1. The highest BCUT2D eigenvalue weighted by atomic mass is 79.9. The first-order chi connectivity index (χ1) is 7.18. The molecular formula is C12H10BrNS. The molecule has 2 aromatic rings. The third kappa shape index (κ3) is 2.19. The molecule has 0 aliphatic carbocycles. The van der Waals surface area contributed by atoms with Gasteiger partial charge in [-0.25, -0.2) is 0 Å². The molecule has 0 aliphatic heterocycles. The van der Waals surface area contributed by atoms with Gasteiger partial charge in [0.05, 0.1) is 0 Å². The summed E-state index contributed by atoms with van der Waals surface area (Å²) in [6, 6.07) is 13.8. The molecule has 3 heteroatoms. The summed E-state index contributed by atoms with van der Waals surface area (Å²) in [5.41, 5.74) is 8.79. The maximum Gasteiger partial charge on any atom is 0.0405 e. The molecule has 2 N–H and O–H groups in total. The van der Waals surface area contributed by atoms with Gasteiger partial charge in [-0.1, -0.05) is 40.2 Å². The molecule has 0 aliphatic rings. The van der Waals surface area contributed by atoms with Gasteiger partial charge in [-0.2, -0.15) is 0 Å². The average molecular weight is 280 g/mol. The standard InChI is InChI=1S/C12H10BrNS/c13-8-5-6-9(11(14)7-8)10-3-1-2-4-12(10)15/h1-7,15H,14H2. The Labute approximate surface area is 103 Å². The van der Waals surface area contributed by atoms with Crippen molar-refractivity contribution in [3.8, 4) is 11.1 Å². The van der Waals surface area contributed by atoms with Crippen LogP contribution in [-0.2, 0) is 0 Å². The molecule has 0 fully saturated rings. The SMILES string of the molecule is Nc1cc(Br)ccc1-c1ccccc1S. The Morgan fingerprint density at radius 3 is 2.40 bits per heavy atom. The Morgan fingerprint density at radius 2 is 1.73 bits per heavy atom. The van der Waals surface area contributed by atoms with Crippen molar-refractivity contribution in [2.75, 3.05) is 5.73 Å². The zero-order valence-corrected chi connectivity index (χ0v) is 10.4. The van der Waals surface area contributed by atoms with Crippen molar-refractivity contribution in [1.82, 2.24) is 0 Å². The van der Waals surface area contributed by atoms with Gasteiger partial charge >= 0.3 is 0 Å². The highest BCUT2D eigenvalue weighted by Gasteiger charge is 2.05. The molecule has 1 nitrogen and oxygen atoms in total. The van der Waals surface area contributed by atoms with Gasteiger partial charge in [-0.05, 0) is 23.8 Å². The van der Waals surface area contributed by atoms with Crippen molar-refractivity contribution in [3.63, 3.8) is 0 Å². The topological polar surface area (TPSA) is 26.0 Å². The normalized spacial score (nSPS) is 10.3. The number of anilines is 1. The van der Waals surface area contributed by atoms with Gasteiger partial charge < -0.3 is 5.73 Å². The van der Waals surface area contributed by atoms with E-state index < -0.39 is 0 Å². The Bertz CT molecular complexity index is 497. The summed E-state index contributed by atoms with van der Waals surface area (Å²) in [6.45, 7) is 0. The minimum absolute atomic E-state index is 0.755. The predicted molar refractivity (Wildman–Crippen MR) is 71.2 cm³/mol. The van der Waals surface area contributed by atoms with Crippen LogP contribution in [0.1, 0.15) is 0 Å². The highest BCUT2D eigenvalue weighted by Crippen LogP contribution is 2.32. The van der Waals surface area contributed by atoms with E-state index in [1.807, 2.05) is 42.5 Å². The summed E-state index contributed by atoms with van der Waals surface area (Å²) in [4.78, 5) is 0.937. The van der Waals surface area contributed by atoms with Crippen LogP contribution in [0.2, 0.25) is 0 Å². The number of thiol groups is 1. The minimum Gasteiger partial charge on any atom is -0.398 e. The molecule has 0 spiro atoms. The summed E-state index contributed by atoms with van der Waals surface area (Å²) in [5.74, 6) is 0. The lowest BCUT2D eigenvalue weighted by Crippen LogP contribution is -1.90. The Hall–Kier alpha value is -0.930. The van der Waals surface area contributed by atoms with E-state index in [-0.39, 0.29) is 0 Å². The van der Waals surface area contributed by atoms with Crippen LogP contribution in [0.4, 0.5) is 5.69 Å². The Kier molecular flexibility index (Phi) is 3.03. The predicted octanol–water partition coefficient (Wildman–Crippen LogP) is 3.99. The highest BCUT2D eigenvalue weighted by molar-refractivity contribution is 9.10. The summed E-state index contributed by atoms with van der Waals surface area (Å²) in [7, 11) is 0. The maximum absolute atomic E-state index is 5.96. The molecule has 15 heavy (non-hydrogen) atoms. The van der Waals surface area contributed by atoms with Crippen molar-refractivity contribution in [2.45, 2.75) is 4.90 Å². The van der Waals surface area contributed by atoms with Crippen molar-refractivity contribution >= 4 is 34.2 Å². The van der Waals surface area contributed by atoms with E-state index in [4.69, 9.17) is 5.73 Å². The van der Waals surface area contributed by atoms with Crippen molar-refractivity contribution in [2.24, 2.45) is 0 Å². The lowest BCUT2D eigenvalue weighted by atomic mass is 10.0. The maximum atomic E-state index is 5.96. The number of hydrogen-bond donors (Lipinski definition) is 2. The smallest absolute Gasteiger partial charge is 0.0405 e. The lowest BCUT2D eigenvalue weighted by molar-refractivity contribution is 1.45. The average Bonchev–Trinajstić information content (AvgIpc) is 2.20. The van der Waals surface area contributed by atoms with Gasteiger partial charge in [-0.3, -0.25) is 0 Å². The van der Waals surface area contributed by atoms with Crippen LogP contribution in [0.15, 0.2) is 51.8 Å². The van der Waals surface area contributed by atoms with Gasteiger partial charge in [0.2, 0.25) is 0 Å². The monoisotopic (exact) mass is 279 g/mol. The molecule has 0 bridgehead atoms. The van der Waals surface area contributed by atoms with Gasteiger partial charge in [0.1, 0.15) is 0 Å². The van der Waals surface area contributed by atoms with Crippen LogP contribution in [0.5, 0.6) is 0 Å². The molecule has 0 radical (unpaired) electrons. The van der Waals surface area contributed by atoms with Crippen LogP contribution >= 0.6 is 28.6 Å². The molecule has 0 heterocycles. The van der Waals surface area contributed by atoms with Gasteiger partial charge in [0.15, 0.2) is 0 Å². The number of nitrogens with two attached hydrogens (primary N) is 1. The fraction of sp³-hybridized carbons (Fsp3) is 0. The second kappa shape index (κ2) is 4.29. The fourth-order valence-electron chi connectivity index (χ4n) is 1.48.